The van der Waals surface area contributed by atoms with Gasteiger partial charge in [0.2, 0.25) is 5.91 Å². The number of amides is 3. The first-order valence-corrected chi connectivity index (χ1v) is 10.8. The number of hydrogen-bond acceptors (Lipinski definition) is 6. The highest BCUT2D eigenvalue weighted by molar-refractivity contribution is 6.01. The van der Waals surface area contributed by atoms with Gasteiger partial charge in [-0.25, -0.2) is 19.8 Å². The summed E-state index contributed by atoms with van der Waals surface area (Å²) in [5.41, 5.74) is 7.48. The minimum absolute atomic E-state index is 0.248. The number of allylic oxidation sites excluding steroid dienone is 1. The summed E-state index contributed by atoms with van der Waals surface area (Å²) in [6, 6.07) is 5.94. The topological polar surface area (TPSA) is 134 Å². The van der Waals surface area contributed by atoms with E-state index in [9.17, 15) is 14.7 Å². The number of likely N-dealkylation sites (N-methyl/N-ethyl adjacent to an activating group) is 1. The molecule has 4 N–H and O–H groups in total. The van der Waals surface area contributed by atoms with Crippen LogP contribution in [0.4, 0.5) is 10.5 Å². The Morgan fingerprint density at radius 1 is 1.38 bits per heavy atom. The third-order valence-corrected chi connectivity index (χ3v) is 5.13. The standard InChI is InChI=1S/C25H28N6O3/c1-25(2,34)10-9-17-5-6-19-7-8-20(23(32)31(3)21(19)13-17)30-24(33)29-16-18(15-26)14-22-27-11-4-12-28-22/h4-6,11-13,15-16,20,34H,7-8,14,26H2,1-3H3,(H,30,33)/t20-/m1/s1. The van der Waals surface area contributed by atoms with Gasteiger partial charge >= 0.3 is 6.03 Å². The molecule has 176 valence electrons. The predicted octanol–water partition coefficient (Wildman–Crippen LogP) is 1.74. The van der Waals surface area contributed by atoms with Gasteiger partial charge in [0, 0.05) is 43.3 Å². The molecule has 0 bridgehead atoms. The van der Waals surface area contributed by atoms with Gasteiger partial charge in [0.15, 0.2) is 0 Å². The molecule has 0 radical (unpaired) electrons. The van der Waals surface area contributed by atoms with Crippen LogP contribution in [0.5, 0.6) is 0 Å². The lowest BCUT2D eigenvalue weighted by molar-refractivity contribution is -0.120. The fraction of sp³-hybridized carbons (Fsp3) is 0.320. The molecule has 2 aromatic rings. The van der Waals surface area contributed by atoms with E-state index in [4.69, 9.17) is 5.73 Å². The van der Waals surface area contributed by atoms with Crippen LogP contribution in [0, 0.1) is 11.8 Å². The summed E-state index contributed by atoms with van der Waals surface area (Å²) in [6.07, 6.45) is 7.28. The molecule has 1 atom stereocenters. The first-order chi connectivity index (χ1) is 16.2. The van der Waals surface area contributed by atoms with Crippen molar-refractivity contribution in [1.29, 1.82) is 0 Å². The predicted molar refractivity (Wildman–Crippen MR) is 130 cm³/mol. The van der Waals surface area contributed by atoms with Crippen LogP contribution in [-0.4, -0.2) is 51.9 Å². The molecule has 2 heterocycles. The number of carbonyl (C=O) groups is 2. The summed E-state index contributed by atoms with van der Waals surface area (Å²) in [5, 5.41) is 12.5. The Morgan fingerprint density at radius 2 is 2.12 bits per heavy atom. The van der Waals surface area contributed by atoms with Crippen LogP contribution in [0.3, 0.4) is 0 Å². The first kappa shape index (κ1) is 24.6. The molecule has 1 aliphatic heterocycles. The maximum absolute atomic E-state index is 13.0. The van der Waals surface area contributed by atoms with Crippen molar-refractivity contribution in [3.63, 3.8) is 0 Å². The van der Waals surface area contributed by atoms with Crippen molar-refractivity contribution in [1.82, 2.24) is 15.3 Å². The average Bonchev–Trinajstić information content (AvgIpc) is 2.92. The zero-order valence-corrected chi connectivity index (χ0v) is 19.4. The molecule has 1 aliphatic rings. The molecule has 34 heavy (non-hydrogen) atoms. The second-order valence-corrected chi connectivity index (χ2v) is 8.43. The van der Waals surface area contributed by atoms with E-state index in [-0.39, 0.29) is 5.91 Å². The van der Waals surface area contributed by atoms with E-state index in [1.165, 1.54) is 17.3 Å². The van der Waals surface area contributed by atoms with Crippen molar-refractivity contribution in [3.8, 4) is 11.8 Å². The Balaban J connectivity index is 1.68. The van der Waals surface area contributed by atoms with Crippen LogP contribution in [0.15, 0.2) is 53.4 Å². The highest BCUT2D eigenvalue weighted by Gasteiger charge is 2.29. The Morgan fingerprint density at radius 3 is 2.79 bits per heavy atom. The Hall–Kier alpha value is -4.03. The zero-order chi connectivity index (χ0) is 24.7. The lowest BCUT2D eigenvalue weighted by Crippen LogP contribution is -2.46. The molecule has 1 aromatic carbocycles. The van der Waals surface area contributed by atoms with Gasteiger partial charge in [-0.2, -0.15) is 0 Å². The number of anilines is 1. The van der Waals surface area contributed by atoms with Gasteiger partial charge in [0.05, 0.1) is 0 Å². The molecule has 9 heteroatoms. The number of urea groups is 1. The van der Waals surface area contributed by atoms with Crippen LogP contribution >= 0.6 is 0 Å². The zero-order valence-electron chi connectivity index (χ0n) is 19.4. The molecule has 0 saturated heterocycles. The lowest BCUT2D eigenvalue weighted by Gasteiger charge is -2.21. The van der Waals surface area contributed by atoms with Crippen LogP contribution in [-0.2, 0) is 17.6 Å². The number of hydrogen-bond donors (Lipinski definition) is 3. The maximum atomic E-state index is 13.0. The number of benzene rings is 1. The molecule has 0 fully saturated rings. The van der Waals surface area contributed by atoms with Crippen molar-refractivity contribution in [2.24, 2.45) is 10.7 Å². The summed E-state index contributed by atoms with van der Waals surface area (Å²) in [7, 11) is 1.66. The minimum atomic E-state index is -1.11. The second-order valence-electron chi connectivity index (χ2n) is 8.43. The smallest absolute Gasteiger partial charge is 0.341 e. The normalized spacial score (nSPS) is 16.5. The van der Waals surface area contributed by atoms with Gasteiger partial charge in [-0.3, -0.25) is 4.79 Å². The van der Waals surface area contributed by atoms with Crippen molar-refractivity contribution in [2.75, 3.05) is 11.9 Å². The second kappa shape index (κ2) is 10.7. The lowest BCUT2D eigenvalue weighted by atomic mass is 10.0. The third kappa shape index (κ3) is 6.73. The fourth-order valence-corrected chi connectivity index (χ4v) is 3.38. The van der Waals surface area contributed by atoms with E-state index in [1.807, 2.05) is 18.2 Å². The van der Waals surface area contributed by atoms with E-state index in [2.05, 4.69) is 32.1 Å². The number of fused-ring (bicyclic) bond motifs is 1. The first-order valence-electron chi connectivity index (χ1n) is 10.8. The molecule has 1 aromatic heterocycles. The number of nitrogens with two attached hydrogens (primary N) is 1. The number of aliphatic imine (C=N–C) groups is 1. The van der Waals surface area contributed by atoms with E-state index in [0.29, 0.717) is 36.2 Å². The van der Waals surface area contributed by atoms with E-state index in [1.54, 1.807) is 39.4 Å². The molecule has 3 amide bonds. The van der Waals surface area contributed by atoms with Gasteiger partial charge in [-0.05, 0) is 62.2 Å². The molecule has 0 aliphatic carbocycles. The van der Waals surface area contributed by atoms with E-state index < -0.39 is 17.7 Å². The minimum Gasteiger partial charge on any atom is -0.404 e. The molecular weight excluding hydrogens is 432 g/mol. The van der Waals surface area contributed by atoms with Gasteiger partial charge in [0.25, 0.3) is 0 Å². The third-order valence-electron chi connectivity index (χ3n) is 5.13. The van der Waals surface area contributed by atoms with Gasteiger partial charge in [0.1, 0.15) is 17.5 Å². The average molecular weight is 461 g/mol. The van der Waals surface area contributed by atoms with Gasteiger partial charge in [-0.15, -0.1) is 0 Å². The van der Waals surface area contributed by atoms with Crippen molar-refractivity contribution in [2.45, 2.75) is 44.8 Å². The van der Waals surface area contributed by atoms with Gasteiger partial charge in [-0.1, -0.05) is 17.9 Å². The van der Waals surface area contributed by atoms with Crippen LogP contribution in [0.1, 0.15) is 37.2 Å². The highest BCUT2D eigenvalue weighted by Crippen LogP contribution is 2.27. The summed E-state index contributed by atoms with van der Waals surface area (Å²) in [4.78, 5) is 39.1. The monoisotopic (exact) mass is 460 g/mol. The van der Waals surface area contributed by atoms with Crippen LogP contribution in [0.2, 0.25) is 0 Å². The largest absolute Gasteiger partial charge is 0.404 e. The van der Waals surface area contributed by atoms with Gasteiger partial charge < -0.3 is 21.1 Å². The molecule has 0 unspecified atom stereocenters. The number of rotatable bonds is 4. The quantitative estimate of drug-likeness (QED) is 0.470. The summed E-state index contributed by atoms with van der Waals surface area (Å²) < 4.78 is 0. The Labute approximate surface area is 198 Å². The SMILES string of the molecule is CN1C(=O)[C@H](NC(=O)N=CC(=CN)Cc2ncccn2)CCc2ccc(C#CC(C)(C)O)cc21. The van der Waals surface area contributed by atoms with Crippen LogP contribution in [0.25, 0.3) is 0 Å². The molecule has 3 rings (SSSR count). The molecule has 0 spiro atoms. The van der Waals surface area contributed by atoms with E-state index >= 15 is 0 Å². The Kier molecular flexibility index (Phi) is 7.76. The van der Waals surface area contributed by atoms with Crippen LogP contribution < -0.4 is 16.0 Å². The number of nitrogens with zero attached hydrogens (tertiary/aromatic N) is 4. The summed E-state index contributed by atoms with van der Waals surface area (Å²) >= 11 is 0. The number of nitrogens with one attached hydrogen (secondary N) is 1. The summed E-state index contributed by atoms with van der Waals surface area (Å²) in [6.45, 7) is 3.22. The fourth-order valence-electron chi connectivity index (χ4n) is 3.38. The number of aliphatic hydroxyl groups is 1. The van der Waals surface area contributed by atoms with Crippen molar-refractivity contribution < 1.29 is 14.7 Å². The molecule has 9 nitrogen and oxygen atoms in total. The van der Waals surface area contributed by atoms with Crippen molar-refractivity contribution in [3.05, 3.63) is 65.4 Å². The Bertz CT molecular complexity index is 1170. The highest BCUT2D eigenvalue weighted by atomic mass is 16.3. The number of aromatic nitrogens is 2. The summed E-state index contributed by atoms with van der Waals surface area (Å²) in [5.74, 6) is 6.01. The number of carbonyl (C=O) groups excluding carboxylic acids is 2. The maximum Gasteiger partial charge on any atom is 0.341 e. The van der Waals surface area contributed by atoms with E-state index in [0.717, 1.165) is 11.3 Å². The molecular formula is C25H28N6O3. The van der Waals surface area contributed by atoms with Crippen molar-refractivity contribution >= 4 is 23.8 Å². The molecule has 0 saturated carbocycles. The number of aryl methyl sites for hydroxylation is 1.